The zero-order valence-corrected chi connectivity index (χ0v) is 17.1. The summed E-state index contributed by atoms with van der Waals surface area (Å²) in [6, 6.07) is 7.34. The van der Waals surface area contributed by atoms with Crippen molar-refractivity contribution in [1.29, 1.82) is 0 Å². The first-order chi connectivity index (χ1) is 14.4. The Balaban J connectivity index is 1.70. The number of rotatable bonds is 5. The number of fused-ring (bicyclic) bond motifs is 2. The number of amides is 1. The fourth-order valence-corrected chi connectivity index (χ4v) is 4.35. The molecule has 0 radical (unpaired) electrons. The van der Waals surface area contributed by atoms with Crippen molar-refractivity contribution < 1.29 is 27.8 Å². The third-order valence-electron chi connectivity index (χ3n) is 4.69. The summed E-state index contributed by atoms with van der Waals surface area (Å²) < 4.78 is 38.7. The van der Waals surface area contributed by atoms with Gasteiger partial charge in [0.2, 0.25) is 0 Å². The van der Waals surface area contributed by atoms with Crippen molar-refractivity contribution in [3.63, 3.8) is 0 Å². The first kappa shape index (κ1) is 20.2. The molecule has 1 aromatic heterocycles. The van der Waals surface area contributed by atoms with Gasteiger partial charge in [0, 0.05) is 6.07 Å². The van der Waals surface area contributed by atoms with Crippen LogP contribution >= 0.6 is 11.3 Å². The second-order valence-electron chi connectivity index (χ2n) is 6.81. The number of anilines is 1. The Hall–Kier alpha value is -3.07. The molecule has 1 aliphatic rings. The maximum absolute atomic E-state index is 14.0. The van der Waals surface area contributed by atoms with E-state index in [4.69, 9.17) is 9.47 Å². The molecule has 2 heterocycles. The average molecular weight is 432 g/mol. The number of thiazole rings is 1. The predicted octanol–water partition coefficient (Wildman–Crippen LogP) is 4.13. The number of para-hydroxylation sites is 1. The number of benzene rings is 2. The van der Waals surface area contributed by atoms with Gasteiger partial charge in [-0.25, -0.2) is 13.8 Å². The summed E-state index contributed by atoms with van der Waals surface area (Å²) in [5, 5.41) is 0.437. The van der Waals surface area contributed by atoms with Crippen LogP contribution in [0.2, 0.25) is 0 Å². The third kappa shape index (κ3) is 3.72. The summed E-state index contributed by atoms with van der Waals surface area (Å²) in [5.74, 6) is -1.91. The number of halogens is 2. The Bertz CT molecular complexity index is 1150. The minimum atomic E-state index is -1.04. The van der Waals surface area contributed by atoms with E-state index in [1.807, 2.05) is 13.0 Å². The van der Waals surface area contributed by atoms with Gasteiger partial charge in [-0.3, -0.25) is 14.5 Å². The van der Waals surface area contributed by atoms with E-state index in [9.17, 15) is 18.4 Å². The zero-order valence-electron chi connectivity index (χ0n) is 16.3. The molecule has 0 fully saturated rings. The van der Waals surface area contributed by atoms with Gasteiger partial charge in [0.05, 0.1) is 30.0 Å². The van der Waals surface area contributed by atoms with Crippen molar-refractivity contribution >= 4 is 39.1 Å². The maximum atomic E-state index is 14.0. The summed E-state index contributed by atoms with van der Waals surface area (Å²) in [7, 11) is 0. The van der Waals surface area contributed by atoms with Crippen molar-refractivity contribution in [2.24, 2.45) is 0 Å². The lowest BCUT2D eigenvalue weighted by atomic mass is 10.1. The molecule has 1 amide bonds. The Morgan fingerprint density at radius 1 is 1.33 bits per heavy atom. The Kier molecular flexibility index (Phi) is 5.38. The minimum absolute atomic E-state index is 0.0401. The molecular weight excluding hydrogens is 414 g/mol. The quantitative estimate of drug-likeness (QED) is 0.567. The van der Waals surface area contributed by atoms with Gasteiger partial charge in [-0.05, 0) is 31.5 Å². The fraction of sp³-hybridized carbons (Fsp3) is 0.286. The van der Waals surface area contributed by atoms with Crippen molar-refractivity contribution in [2.45, 2.75) is 32.9 Å². The summed E-state index contributed by atoms with van der Waals surface area (Å²) in [6.07, 6.45) is -1.27. The number of ether oxygens (including phenoxy) is 2. The lowest BCUT2D eigenvalue weighted by molar-refractivity contribution is -0.147. The second kappa shape index (κ2) is 7.98. The number of aryl methyl sites for hydroxylation is 1. The number of aromatic nitrogens is 1. The normalized spacial score (nSPS) is 15.8. The van der Waals surface area contributed by atoms with Crippen LogP contribution < -0.4 is 9.64 Å². The highest BCUT2D eigenvalue weighted by Crippen LogP contribution is 2.39. The lowest BCUT2D eigenvalue weighted by Gasteiger charge is -2.34. The largest absolute Gasteiger partial charge is 0.477 e. The van der Waals surface area contributed by atoms with Crippen molar-refractivity contribution in [3.8, 4) is 5.75 Å². The van der Waals surface area contributed by atoms with Gasteiger partial charge in [0.1, 0.15) is 22.1 Å². The fourth-order valence-electron chi connectivity index (χ4n) is 3.36. The molecule has 156 valence electrons. The molecule has 2 aromatic carbocycles. The van der Waals surface area contributed by atoms with E-state index in [0.29, 0.717) is 21.1 Å². The number of carbonyl (C=O) groups excluding carboxylic acids is 2. The second-order valence-corrected chi connectivity index (χ2v) is 7.92. The van der Waals surface area contributed by atoms with Gasteiger partial charge < -0.3 is 9.47 Å². The van der Waals surface area contributed by atoms with Crippen LogP contribution in [0.4, 0.5) is 14.5 Å². The molecule has 1 unspecified atom stereocenters. The third-order valence-corrected chi connectivity index (χ3v) is 5.68. The van der Waals surface area contributed by atoms with Gasteiger partial charge in [0.15, 0.2) is 11.9 Å². The molecule has 0 aliphatic carbocycles. The van der Waals surface area contributed by atoms with Crippen LogP contribution in [0.15, 0.2) is 30.3 Å². The molecule has 30 heavy (non-hydrogen) atoms. The molecule has 1 aliphatic heterocycles. The Labute approximate surface area is 175 Å². The van der Waals surface area contributed by atoms with E-state index in [1.54, 1.807) is 19.1 Å². The molecule has 0 bridgehead atoms. The van der Waals surface area contributed by atoms with Crippen LogP contribution in [0, 0.1) is 18.6 Å². The number of carbonyl (C=O) groups is 2. The van der Waals surface area contributed by atoms with Gasteiger partial charge in [0.25, 0.3) is 5.91 Å². The minimum Gasteiger partial charge on any atom is -0.477 e. The van der Waals surface area contributed by atoms with E-state index in [1.165, 1.54) is 11.0 Å². The highest BCUT2D eigenvalue weighted by Gasteiger charge is 2.37. The van der Waals surface area contributed by atoms with E-state index >= 15 is 0 Å². The van der Waals surface area contributed by atoms with Gasteiger partial charge in [-0.2, -0.15) is 0 Å². The first-order valence-corrected chi connectivity index (χ1v) is 10.2. The van der Waals surface area contributed by atoms with Crippen LogP contribution in [0.5, 0.6) is 5.75 Å². The molecule has 0 saturated heterocycles. The van der Waals surface area contributed by atoms with Crippen molar-refractivity contribution in [1.82, 2.24) is 4.98 Å². The standard InChI is InChI=1S/C21H18F2N2O4S/c1-3-28-18(26)9-15-21(27)25(14-6-4-5-11(2)20(14)29-15)10-17-24-19-13(23)7-12(22)8-16(19)30-17/h4-8,15H,3,9-10H2,1-2H3. The summed E-state index contributed by atoms with van der Waals surface area (Å²) in [4.78, 5) is 30.8. The molecule has 0 saturated carbocycles. The molecule has 1 atom stereocenters. The summed E-state index contributed by atoms with van der Waals surface area (Å²) >= 11 is 1.11. The average Bonchev–Trinajstić information content (AvgIpc) is 3.09. The van der Waals surface area contributed by atoms with E-state index < -0.39 is 29.6 Å². The van der Waals surface area contributed by atoms with Gasteiger partial charge >= 0.3 is 5.97 Å². The lowest BCUT2D eigenvalue weighted by Crippen LogP contribution is -2.46. The monoisotopic (exact) mass is 432 g/mol. The summed E-state index contributed by atoms with van der Waals surface area (Å²) in [5.41, 5.74) is 1.40. The van der Waals surface area contributed by atoms with Crippen LogP contribution in [0.3, 0.4) is 0 Å². The smallest absolute Gasteiger partial charge is 0.310 e. The van der Waals surface area contributed by atoms with Gasteiger partial charge in [-0.15, -0.1) is 11.3 Å². The van der Waals surface area contributed by atoms with Crippen molar-refractivity contribution in [3.05, 3.63) is 52.5 Å². The molecular formula is C21H18F2N2O4S. The van der Waals surface area contributed by atoms with E-state index in [-0.39, 0.29) is 25.1 Å². The van der Waals surface area contributed by atoms with Crippen LogP contribution in [0.1, 0.15) is 23.9 Å². The van der Waals surface area contributed by atoms with Gasteiger partial charge in [-0.1, -0.05) is 12.1 Å². The van der Waals surface area contributed by atoms with Crippen LogP contribution in [0.25, 0.3) is 10.2 Å². The Morgan fingerprint density at radius 3 is 2.90 bits per heavy atom. The number of hydrogen-bond donors (Lipinski definition) is 0. The van der Waals surface area contributed by atoms with Crippen LogP contribution in [-0.2, 0) is 20.9 Å². The number of hydrogen-bond acceptors (Lipinski definition) is 6. The van der Waals surface area contributed by atoms with Crippen LogP contribution in [-0.4, -0.2) is 29.6 Å². The molecule has 4 rings (SSSR count). The topological polar surface area (TPSA) is 68.7 Å². The number of nitrogens with zero attached hydrogens (tertiary/aromatic N) is 2. The highest BCUT2D eigenvalue weighted by atomic mass is 32.1. The molecule has 3 aromatic rings. The number of esters is 1. The van der Waals surface area contributed by atoms with Crippen molar-refractivity contribution in [2.75, 3.05) is 11.5 Å². The Morgan fingerprint density at radius 2 is 2.13 bits per heavy atom. The van der Waals surface area contributed by atoms with E-state index in [2.05, 4.69) is 4.98 Å². The molecule has 0 N–H and O–H groups in total. The van der Waals surface area contributed by atoms with E-state index in [0.717, 1.165) is 23.0 Å². The first-order valence-electron chi connectivity index (χ1n) is 9.35. The SMILES string of the molecule is CCOC(=O)CC1Oc2c(C)cccc2N(Cc2nc3c(F)cc(F)cc3s2)C1=O. The predicted molar refractivity (Wildman–Crippen MR) is 108 cm³/mol. The maximum Gasteiger partial charge on any atom is 0.310 e. The molecule has 0 spiro atoms. The zero-order chi connectivity index (χ0) is 21.4. The molecule has 6 nitrogen and oxygen atoms in total. The molecule has 9 heteroatoms. The highest BCUT2D eigenvalue weighted by molar-refractivity contribution is 7.18. The summed E-state index contributed by atoms with van der Waals surface area (Å²) in [6.45, 7) is 3.76.